The number of methoxy groups -OCH3 is 1. The molecule has 1 heterocycles. The Bertz CT molecular complexity index is 854. The molecule has 3 rings (SSSR count). The van der Waals surface area contributed by atoms with Gasteiger partial charge in [0.1, 0.15) is 5.75 Å². The highest BCUT2D eigenvalue weighted by Gasteiger charge is 2.12. The van der Waals surface area contributed by atoms with Crippen molar-refractivity contribution in [2.45, 2.75) is 0 Å². The Morgan fingerprint density at radius 1 is 1.20 bits per heavy atom. The average Bonchev–Trinajstić information content (AvgIpc) is 2.77. The molecular weight excluding hydrogens is 315 g/mol. The van der Waals surface area contributed by atoms with E-state index in [1.807, 2.05) is 34.9 Å². The number of nitrogens with one attached hydrogen (secondary N) is 1. The van der Waals surface area contributed by atoms with Crippen molar-refractivity contribution in [3.63, 3.8) is 0 Å². The Balaban J connectivity index is 2.34. The second-order valence-electron chi connectivity index (χ2n) is 4.22. The number of H-pyrrole nitrogens is 1. The summed E-state index contributed by atoms with van der Waals surface area (Å²) in [6.45, 7) is 0. The first-order valence-corrected chi connectivity index (χ1v) is 7.01. The maximum Gasteiger partial charge on any atom is 0.182 e. The van der Waals surface area contributed by atoms with Crippen LogP contribution in [0.3, 0.4) is 0 Å². The molecule has 0 bridgehead atoms. The van der Waals surface area contributed by atoms with Gasteiger partial charge in [-0.3, -0.25) is 4.57 Å². The van der Waals surface area contributed by atoms with Gasteiger partial charge < -0.3 is 9.72 Å². The Labute approximate surface area is 130 Å². The molecule has 0 unspecified atom stereocenters. The van der Waals surface area contributed by atoms with Gasteiger partial charge in [-0.15, -0.1) is 0 Å². The largest absolute Gasteiger partial charge is 0.497 e. The van der Waals surface area contributed by atoms with Crippen LogP contribution in [0.4, 0.5) is 0 Å². The number of halogens is 2. The topological polar surface area (TPSA) is 29.9 Å². The van der Waals surface area contributed by atoms with E-state index in [4.69, 9.17) is 40.2 Å². The van der Waals surface area contributed by atoms with Gasteiger partial charge in [0, 0.05) is 6.07 Å². The van der Waals surface area contributed by atoms with Crippen molar-refractivity contribution in [1.29, 1.82) is 0 Å². The highest BCUT2D eigenvalue weighted by atomic mass is 35.5. The first-order chi connectivity index (χ1) is 9.61. The number of benzene rings is 2. The van der Waals surface area contributed by atoms with E-state index >= 15 is 0 Å². The zero-order valence-corrected chi connectivity index (χ0v) is 12.8. The Morgan fingerprint density at radius 3 is 2.75 bits per heavy atom. The fourth-order valence-corrected chi connectivity index (χ4v) is 2.81. The zero-order chi connectivity index (χ0) is 14.3. The molecule has 2 aromatic carbocycles. The molecule has 3 aromatic rings. The third kappa shape index (κ3) is 2.10. The quantitative estimate of drug-likeness (QED) is 0.672. The second-order valence-corrected chi connectivity index (χ2v) is 5.39. The average molecular weight is 325 g/mol. The van der Waals surface area contributed by atoms with Gasteiger partial charge in [0.15, 0.2) is 4.77 Å². The fraction of sp³-hybridized carbons (Fsp3) is 0.0714. The number of imidazole rings is 1. The van der Waals surface area contributed by atoms with Crippen LogP contribution in [0.25, 0.3) is 16.7 Å². The molecule has 0 amide bonds. The number of aromatic amines is 1. The van der Waals surface area contributed by atoms with Crippen LogP contribution in [0, 0.1) is 4.77 Å². The van der Waals surface area contributed by atoms with E-state index in [0.29, 0.717) is 14.8 Å². The number of fused-ring (bicyclic) bond motifs is 1. The molecule has 6 heteroatoms. The Morgan fingerprint density at radius 2 is 2.00 bits per heavy atom. The molecule has 0 aliphatic rings. The van der Waals surface area contributed by atoms with Crippen LogP contribution in [0.5, 0.6) is 5.75 Å². The minimum Gasteiger partial charge on any atom is -0.497 e. The fourth-order valence-electron chi connectivity index (χ4n) is 2.12. The van der Waals surface area contributed by atoms with Gasteiger partial charge in [-0.05, 0) is 36.5 Å². The predicted molar refractivity (Wildman–Crippen MR) is 85.0 cm³/mol. The summed E-state index contributed by atoms with van der Waals surface area (Å²) < 4.78 is 7.62. The standard InChI is InChI=1S/C14H10Cl2N2OS/c1-19-8-5-6-11-10(7-8)17-14(20)18(11)12-4-2-3-9(15)13(12)16/h2-7H,1H3,(H,17,20). The Hall–Kier alpha value is -1.49. The number of hydrogen-bond acceptors (Lipinski definition) is 2. The number of rotatable bonds is 2. The van der Waals surface area contributed by atoms with Gasteiger partial charge in [0.2, 0.25) is 0 Å². The van der Waals surface area contributed by atoms with Crippen LogP contribution in [-0.2, 0) is 0 Å². The predicted octanol–water partition coefficient (Wildman–Crippen LogP) is 5.00. The third-order valence-electron chi connectivity index (χ3n) is 3.06. The van der Waals surface area contributed by atoms with Crippen LogP contribution in [0.1, 0.15) is 0 Å². The van der Waals surface area contributed by atoms with Crippen molar-refractivity contribution in [3.8, 4) is 11.4 Å². The van der Waals surface area contributed by atoms with Gasteiger partial charge in [-0.2, -0.15) is 0 Å². The zero-order valence-electron chi connectivity index (χ0n) is 10.5. The summed E-state index contributed by atoms with van der Waals surface area (Å²) >= 11 is 17.7. The summed E-state index contributed by atoms with van der Waals surface area (Å²) in [5.74, 6) is 0.762. The van der Waals surface area contributed by atoms with Crippen molar-refractivity contribution in [2.75, 3.05) is 7.11 Å². The lowest BCUT2D eigenvalue weighted by atomic mass is 10.2. The van der Waals surface area contributed by atoms with E-state index in [1.165, 1.54) is 0 Å². The van der Waals surface area contributed by atoms with Gasteiger partial charge in [-0.1, -0.05) is 29.3 Å². The number of aromatic nitrogens is 2. The van der Waals surface area contributed by atoms with Gasteiger partial charge in [0.25, 0.3) is 0 Å². The van der Waals surface area contributed by atoms with Crippen LogP contribution in [0.15, 0.2) is 36.4 Å². The summed E-state index contributed by atoms with van der Waals surface area (Å²) in [4.78, 5) is 3.14. The first kappa shape index (κ1) is 13.5. The summed E-state index contributed by atoms with van der Waals surface area (Å²) in [5.41, 5.74) is 2.55. The van der Waals surface area contributed by atoms with Gasteiger partial charge in [-0.25, -0.2) is 0 Å². The molecular formula is C14H10Cl2N2OS. The lowest BCUT2D eigenvalue weighted by molar-refractivity contribution is 0.415. The highest BCUT2D eigenvalue weighted by molar-refractivity contribution is 7.71. The van der Waals surface area contributed by atoms with Crippen LogP contribution >= 0.6 is 35.4 Å². The van der Waals surface area contributed by atoms with Crippen LogP contribution in [0.2, 0.25) is 10.0 Å². The molecule has 1 N–H and O–H groups in total. The minimum atomic E-state index is 0.474. The maximum atomic E-state index is 6.28. The van der Waals surface area contributed by atoms with Gasteiger partial charge >= 0.3 is 0 Å². The second kappa shape index (κ2) is 5.13. The molecule has 0 saturated carbocycles. The maximum absolute atomic E-state index is 6.28. The van der Waals surface area contributed by atoms with E-state index in [2.05, 4.69) is 4.98 Å². The molecule has 3 nitrogen and oxygen atoms in total. The third-order valence-corrected chi connectivity index (χ3v) is 4.15. The van der Waals surface area contributed by atoms with E-state index < -0.39 is 0 Å². The lowest BCUT2D eigenvalue weighted by Crippen LogP contribution is -1.95. The van der Waals surface area contributed by atoms with Crippen molar-refractivity contribution >= 4 is 46.5 Å². The molecule has 0 fully saturated rings. The molecule has 0 aliphatic carbocycles. The van der Waals surface area contributed by atoms with Crippen LogP contribution < -0.4 is 4.74 Å². The van der Waals surface area contributed by atoms with E-state index in [0.717, 1.165) is 22.5 Å². The smallest absolute Gasteiger partial charge is 0.182 e. The molecule has 20 heavy (non-hydrogen) atoms. The minimum absolute atomic E-state index is 0.474. The summed E-state index contributed by atoms with van der Waals surface area (Å²) in [5, 5.41) is 0.968. The number of ether oxygens (including phenoxy) is 1. The van der Waals surface area contributed by atoms with Crippen LogP contribution in [-0.4, -0.2) is 16.7 Å². The Kier molecular flexibility index (Phi) is 3.46. The van der Waals surface area contributed by atoms with E-state index in [1.54, 1.807) is 13.2 Å². The van der Waals surface area contributed by atoms with Gasteiger partial charge in [0.05, 0.1) is 33.9 Å². The van der Waals surface area contributed by atoms with Crippen molar-refractivity contribution in [2.24, 2.45) is 0 Å². The molecule has 0 radical (unpaired) electrons. The monoisotopic (exact) mass is 324 g/mol. The first-order valence-electron chi connectivity index (χ1n) is 5.85. The van der Waals surface area contributed by atoms with Crippen molar-refractivity contribution in [3.05, 3.63) is 51.2 Å². The lowest BCUT2D eigenvalue weighted by Gasteiger charge is -2.08. The number of nitrogens with zero attached hydrogens (tertiary/aromatic N) is 1. The molecule has 0 aliphatic heterocycles. The molecule has 0 saturated heterocycles. The summed E-state index contributed by atoms with van der Waals surface area (Å²) in [6.07, 6.45) is 0. The number of hydrogen-bond donors (Lipinski definition) is 1. The van der Waals surface area contributed by atoms with E-state index in [-0.39, 0.29) is 0 Å². The van der Waals surface area contributed by atoms with Crippen molar-refractivity contribution < 1.29 is 4.74 Å². The summed E-state index contributed by atoms with van der Waals surface area (Å²) in [7, 11) is 1.63. The summed E-state index contributed by atoms with van der Waals surface area (Å²) in [6, 6.07) is 11.2. The molecule has 1 aromatic heterocycles. The normalized spacial score (nSPS) is 10.9. The van der Waals surface area contributed by atoms with E-state index in [9.17, 15) is 0 Å². The molecule has 0 spiro atoms. The molecule has 102 valence electrons. The SMILES string of the molecule is COc1ccc2c(c1)[nH]c(=S)n2-c1cccc(Cl)c1Cl. The highest BCUT2D eigenvalue weighted by Crippen LogP contribution is 2.31. The molecule has 0 atom stereocenters. The van der Waals surface area contributed by atoms with Crippen molar-refractivity contribution in [1.82, 2.24) is 9.55 Å².